The van der Waals surface area contributed by atoms with Crippen molar-refractivity contribution in [1.82, 2.24) is 0 Å². The first-order valence-corrected chi connectivity index (χ1v) is 10.3. The van der Waals surface area contributed by atoms with Crippen molar-refractivity contribution in [3.05, 3.63) is 89.5 Å². The Hall–Kier alpha value is -3.64. The normalized spacial score (nSPS) is 10.8. The Balaban J connectivity index is 1.52. The van der Waals surface area contributed by atoms with Crippen LogP contribution in [0.4, 0.5) is 0 Å². The molecule has 0 unspecified atom stereocenters. The Morgan fingerprint density at radius 1 is 0.833 bits per heavy atom. The maximum atomic E-state index is 12.7. The van der Waals surface area contributed by atoms with E-state index < -0.39 is 0 Å². The second-order valence-electron chi connectivity index (χ2n) is 7.58. The van der Waals surface area contributed by atoms with Crippen LogP contribution in [0.3, 0.4) is 0 Å². The number of carbonyl (C=O) groups is 1. The first-order valence-electron chi connectivity index (χ1n) is 10.3. The molecule has 0 aliphatic rings. The average molecular weight is 393 g/mol. The number of fused-ring (bicyclic) bond motifs is 2. The molecular formula is C27H23NO2. The lowest BCUT2D eigenvalue weighted by Crippen LogP contribution is -2.08. The van der Waals surface area contributed by atoms with E-state index in [1.54, 1.807) is 12.1 Å². The maximum Gasteiger partial charge on any atom is 0.343 e. The number of nitrogens with zero attached hydrogens (tertiary/aromatic N) is 1. The first kappa shape index (κ1) is 19.7. The van der Waals surface area contributed by atoms with Gasteiger partial charge >= 0.3 is 5.97 Å². The van der Waals surface area contributed by atoms with Crippen LogP contribution < -0.4 is 4.74 Å². The Morgan fingerprint density at radius 2 is 1.53 bits per heavy atom. The highest BCUT2D eigenvalue weighted by molar-refractivity contribution is 5.97. The van der Waals surface area contributed by atoms with Crippen molar-refractivity contribution in [2.24, 2.45) is 0 Å². The molecule has 4 aromatic rings. The summed E-state index contributed by atoms with van der Waals surface area (Å²) < 4.78 is 5.60. The fourth-order valence-electron chi connectivity index (χ4n) is 3.68. The van der Waals surface area contributed by atoms with Gasteiger partial charge in [0.2, 0.25) is 0 Å². The lowest BCUT2D eigenvalue weighted by atomic mass is 10.0. The second-order valence-corrected chi connectivity index (χ2v) is 7.58. The Labute approximate surface area is 176 Å². The third-order valence-electron chi connectivity index (χ3n) is 5.36. The van der Waals surface area contributed by atoms with Crippen LogP contribution in [0.1, 0.15) is 47.7 Å². The van der Waals surface area contributed by atoms with Crippen LogP contribution in [0.2, 0.25) is 0 Å². The topological polar surface area (TPSA) is 50.1 Å². The second kappa shape index (κ2) is 8.80. The first-order chi connectivity index (χ1) is 14.7. The molecule has 0 saturated heterocycles. The van der Waals surface area contributed by atoms with E-state index in [9.17, 15) is 4.79 Å². The van der Waals surface area contributed by atoms with E-state index in [4.69, 9.17) is 10.00 Å². The van der Waals surface area contributed by atoms with E-state index in [0.717, 1.165) is 28.0 Å². The number of unbranched alkanes of at least 4 members (excludes halogenated alkanes) is 2. The summed E-state index contributed by atoms with van der Waals surface area (Å²) in [4.78, 5) is 12.7. The van der Waals surface area contributed by atoms with Crippen LogP contribution in [0.25, 0.3) is 21.5 Å². The molecule has 0 bridgehead atoms. The van der Waals surface area contributed by atoms with Crippen molar-refractivity contribution in [3.63, 3.8) is 0 Å². The molecule has 4 aromatic carbocycles. The van der Waals surface area contributed by atoms with Crippen LogP contribution in [-0.4, -0.2) is 5.97 Å². The van der Waals surface area contributed by atoms with Gasteiger partial charge in [0, 0.05) is 0 Å². The number of rotatable bonds is 6. The SMILES string of the molecule is CCCCCc1ccc2cc(C(=O)Oc3ccc4cc(C#N)ccc4c3)ccc2c1. The highest BCUT2D eigenvalue weighted by Gasteiger charge is 2.10. The van der Waals surface area contributed by atoms with E-state index in [-0.39, 0.29) is 5.97 Å². The standard InChI is InChI=1S/C27H23NO2/c1-2-3-4-5-19-6-8-23-16-25(11-10-21(23)14-19)27(29)30-26-13-12-22-15-20(18-28)7-9-24(22)17-26/h6-17H,2-5H2,1H3. The smallest absolute Gasteiger partial charge is 0.343 e. The van der Waals surface area contributed by atoms with Gasteiger partial charge in [-0.2, -0.15) is 5.26 Å². The minimum Gasteiger partial charge on any atom is -0.423 e. The number of benzene rings is 4. The molecule has 0 radical (unpaired) electrons. The van der Waals surface area contributed by atoms with Gasteiger partial charge in [-0.3, -0.25) is 0 Å². The van der Waals surface area contributed by atoms with Crippen molar-refractivity contribution < 1.29 is 9.53 Å². The molecule has 3 heteroatoms. The van der Waals surface area contributed by atoms with Crippen LogP contribution in [0, 0.1) is 11.3 Å². The average Bonchev–Trinajstić information content (AvgIpc) is 2.78. The zero-order valence-electron chi connectivity index (χ0n) is 17.0. The zero-order chi connectivity index (χ0) is 20.9. The largest absolute Gasteiger partial charge is 0.423 e. The summed E-state index contributed by atoms with van der Waals surface area (Å²) in [7, 11) is 0. The van der Waals surface area contributed by atoms with E-state index in [0.29, 0.717) is 16.9 Å². The number of hydrogen-bond donors (Lipinski definition) is 0. The van der Waals surface area contributed by atoms with Crippen LogP contribution >= 0.6 is 0 Å². The predicted octanol–water partition coefficient (Wildman–Crippen LogP) is 6.82. The summed E-state index contributed by atoms with van der Waals surface area (Å²) >= 11 is 0. The Kier molecular flexibility index (Phi) is 5.77. The molecule has 0 N–H and O–H groups in total. The molecule has 0 fully saturated rings. The number of carbonyl (C=O) groups excluding carboxylic acids is 1. The summed E-state index contributed by atoms with van der Waals surface area (Å²) in [5.74, 6) is 0.112. The molecule has 0 amide bonds. The summed E-state index contributed by atoms with van der Waals surface area (Å²) in [6.45, 7) is 2.21. The van der Waals surface area contributed by atoms with Gasteiger partial charge in [-0.05, 0) is 76.3 Å². The fraction of sp³-hybridized carbons (Fsp3) is 0.185. The zero-order valence-corrected chi connectivity index (χ0v) is 17.0. The van der Waals surface area contributed by atoms with Gasteiger partial charge in [-0.25, -0.2) is 4.79 Å². The van der Waals surface area contributed by atoms with Crippen LogP contribution in [-0.2, 0) is 6.42 Å². The number of esters is 1. The number of nitriles is 1. The van der Waals surface area contributed by atoms with Crippen molar-refractivity contribution >= 4 is 27.5 Å². The third kappa shape index (κ3) is 4.34. The molecule has 0 aliphatic heterocycles. The summed E-state index contributed by atoms with van der Waals surface area (Å²) in [6, 6.07) is 25.1. The highest BCUT2D eigenvalue weighted by atomic mass is 16.5. The summed E-state index contributed by atoms with van der Waals surface area (Å²) in [6.07, 6.45) is 4.76. The van der Waals surface area contributed by atoms with Crippen molar-refractivity contribution in [1.29, 1.82) is 5.26 Å². The number of aryl methyl sites for hydroxylation is 1. The molecule has 0 saturated carbocycles. The Bertz CT molecular complexity index is 1270. The lowest BCUT2D eigenvalue weighted by molar-refractivity contribution is 0.0735. The van der Waals surface area contributed by atoms with Gasteiger partial charge < -0.3 is 4.74 Å². The number of hydrogen-bond acceptors (Lipinski definition) is 3. The summed E-state index contributed by atoms with van der Waals surface area (Å²) in [5, 5.41) is 13.1. The van der Waals surface area contributed by atoms with Crippen molar-refractivity contribution in [3.8, 4) is 11.8 Å². The molecule has 0 atom stereocenters. The molecule has 0 spiro atoms. The molecule has 0 aromatic heterocycles. The fourth-order valence-corrected chi connectivity index (χ4v) is 3.68. The van der Waals surface area contributed by atoms with Crippen LogP contribution in [0.15, 0.2) is 72.8 Å². The minimum atomic E-state index is -0.378. The van der Waals surface area contributed by atoms with E-state index in [1.165, 1.54) is 24.8 Å². The van der Waals surface area contributed by atoms with Crippen molar-refractivity contribution in [2.45, 2.75) is 32.6 Å². The van der Waals surface area contributed by atoms with E-state index in [2.05, 4.69) is 31.2 Å². The Morgan fingerprint density at radius 3 is 2.37 bits per heavy atom. The van der Waals surface area contributed by atoms with Gasteiger partial charge in [0.15, 0.2) is 0 Å². The maximum absolute atomic E-state index is 12.7. The van der Waals surface area contributed by atoms with Crippen molar-refractivity contribution in [2.75, 3.05) is 0 Å². The van der Waals surface area contributed by atoms with Gasteiger partial charge in [-0.15, -0.1) is 0 Å². The molecule has 0 heterocycles. The number of ether oxygens (including phenoxy) is 1. The molecule has 0 aliphatic carbocycles. The molecular weight excluding hydrogens is 370 g/mol. The molecule has 30 heavy (non-hydrogen) atoms. The van der Waals surface area contributed by atoms with Gasteiger partial charge in [0.05, 0.1) is 17.2 Å². The highest BCUT2D eigenvalue weighted by Crippen LogP contribution is 2.24. The quantitative estimate of drug-likeness (QED) is 0.205. The molecule has 148 valence electrons. The van der Waals surface area contributed by atoms with E-state index in [1.807, 2.05) is 42.5 Å². The third-order valence-corrected chi connectivity index (χ3v) is 5.36. The van der Waals surface area contributed by atoms with E-state index >= 15 is 0 Å². The monoisotopic (exact) mass is 393 g/mol. The predicted molar refractivity (Wildman–Crippen MR) is 121 cm³/mol. The van der Waals surface area contributed by atoms with Gasteiger partial charge in [0.25, 0.3) is 0 Å². The molecule has 4 rings (SSSR count). The molecule has 3 nitrogen and oxygen atoms in total. The lowest BCUT2D eigenvalue weighted by Gasteiger charge is -2.08. The van der Waals surface area contributed by atoms with Crippen LogP contribution in [0.5, 0.6) is 5.75 Å². The minimum absolute atomic E-state index is 0.378. The summed E-state index contributed by atoms with van der Waals surface area (Å²) in [5.41, 5.74) is 2.47. The van der Waals surface area contributed by atoms with Gasteiger partial charge in [-0.1, -0.05) is 56.2 Å². The van der Waals surface area contributed by atoms with Gasteiger partial charge in [0.1, 0.15) is 5.75 Å².